The van der Waals surface area contributed by atoms with Gasteiger partial charge in [0, 0.05) is 19.3 Å². The summed E-state index contributed by atoms with van der Waals surface area (Å²) >= 11 is 0. The third kappa shape index (κ3) is 8.21. The first-order valence-electron chi connectivity index (χ1n) is 9.78. The standard InChI is InChI=1S/C22H34O5/c1-16(2)8-10-20(25)17(3)7-6-13-22(5)21(27-18(4)24)11-9-19(12-14-23)15-26-22/h8,12,14,17,21H,6-7,9-11,13,15H2,1-5H3/b19-12+/t17?,21-,22?/m1/s1. The Morgan fingerprint density at radius 3 is 2.63 bits per heavy atom. The van der Waals surface area contributed by atoms with Crippen molar-refractivity contribution in [3.8, 4) is 0 Å². The number of esters is 1. The first kappa shape index (κ1) is 23.3. The van der Waals surface area contributed by atoms with Gasteiger partial charge < -0.3 is 9.47 Å². The van der Waals surface area contributed by atoms with E-state index in [1.54, 1.807) is 0 Å². The van der Waals surface area contributed by atoms with Gasteiger partial charge >= 0.3 is 5.97 Å². The summed E-state index contributed by atoms with van der Waals surface area (Å²) in [5.41, 5.74) is 1.45. The number of carbonyl (C=O) groups excluding carboxylic acids is 3. The molecule has 0 saturated carbocycles. The molecule has 0 bridgehead atoms. The van der Waals surface area contributed by atoms with Gasteiger partial charge in [0.2, 0.25) is 0 Å². The first-order valence-corrected chi connectivity index (χ1v) is 9.78. The second-order valence-electron chi connectivity index (χ2n) is 7.94. The van der Waals surface area contributed by atoms with Crippen LogP contribution in [0.15, 0.2) is 23.3 Å². The lowest BCUT2D eigenvalue weighted by Gasteiger charge is -2.35. The molecule has 1 heterocycles. The predicted octanol–water partition coefficient (Wildman–Crippen LogP) is 4.34. The Hall–Kier alpha value is -1.75. The van der Waals surface area contributed by atoms with Crippen molar-refractivity contribution in [3.63, 3.8) is 0 Å². The van der Waals surface area contributed by atoms with E-state index < -0.39 is 5.60 Å². The highest BCUT2D eigenvalue weighted by Crippen LogP contribution is 2.34. The van der Waals surface area contributed by atoms with Gasteiger partial charge in [-0.25, -0.2) is 0 Å². The highest BCUT2D eigenvalue weighted by molar-refractivity contribution is 5.82. The topological polar surface area (TPSA) is 69.7 Å². The van der Waals surface area contributed by atoms with E-state index in [1.807, 2.05) is 33.8 Å². The molecule has 0 amide bonds. The van der Waals surface area contributed by atoms with Crippen molar-refractivity contribution in [2.24, 2.45) is 5.92 Å². The largest absolute Gasteiger partial charge is 0.459 e. The van der Waals surface area contributed by atoms with Crippen LogP contribution in [-0.4, -0.2) is 36.4 Å². The third-order valence-electron chi connectivity index (χ3n) is 5.18. The lowest BCUT2D eigenvalue weighted by Crippen LogP contribution is -2.43. The molecule has 1 aliphatic rings. The van der Waals surface area contributed by atoms with Gasteiger partial charge in [-0.1, -0.05) is 18.6 Å². The summed E-state index contributed by atoms with van der Waals surface area (Å²) in [7, 11) is 0. The summed E-state index contributed by atoms with van der Waals surface area (Å²) in [5, 5.41) is 0. The quantitative estimate of drug-likeness (QED) is 0.258. The Kier molecular flexibility index (Phi) is 9.64. The molecule has 0 N–H and O–H groups in total. The minimum absolute atomic E-state index is 0.00678. The maximum absolute atomic E-state index is 12.2. The molecule has 1 aliphatic heterocycles. The number of Topliss-reactive ketones (excluding diaryl/α,β-unsaturated/α-hetero) is 1. The summed E-state index contributed by atoms with van der Waals surface area (Å²) in [6.07, 6.45) is 7.96. The van der Waals surface area contributed by atoms with Gasteiger partial charge in [0.25, 0.3) is 0 Å². The zero-order valence-electron chi connectivity index (χ0n) is 17.4. The zero-order valence-corrected chi connectivity index (χ0v) is 17.4. The number of ketones is 1. The van der Waals surface area contributed by atoms with Crippen LogP contribution in [-0.2, 0) is 23.9 Å². The van der Waals surface area contributed by atoms with Gasteiger partial charge in [0.15, 0.2) is 0 Å². The number of allylic oxidation sites excluding steroid dienone is 3. The van der Waals surface area contributed by atoms with Crippen molar-refractivity contribution >= 4 is 18.0 Å². The second-order valence-corrected chi connectivity index (χ2v) is 7.94. The van der Waals surface area contributed by atoms with Crippen LogP contribution < -0.4 is 0 Å². The number of hydrogen-bond acceptors (Lipinski definition) is 5. The molecule has 2 unspecified atom stereocenters. The predicted molar refractivity (Wildman–Crippen MR) is 105 cm³/mol. The molecule has 0 radical (unpaired) electrons. The maximum Gasteiger partial charge on any atom is 0.303 e. The van der Waals surface area contributed by atoms with Crippen molar-refractivity contribution < 1.29 is 23.9 Å². The van der Waals surface area contributed by atoms with Crippen molar-refractivity contribution in [3.05, 3.63) is 23.3 Å². The Morgan fingerprint density at radius 1 is 1.33 bits per heavy atom. The molecule has 27 heavy (non-hydrogen) atoms. The second kappa shape index (κ2) is 11.2. The average molecular weight is 379 g/mol. The fraction of sp³-hybridized carbons (Fsp3) is 0.682. The molecule has 0 aromatic carbocycles. The molecule has 0 spiro atoms. The zero-order chi connectivity index (χ0) is 20.4. The molecule has 0 aromatic heterocycles. The van der Waals surface area contributed by atoms with Crippen molar-refractivity contribution in [2.45, 2.75) is 84.8 Å². The van der Waals surface area contributed by atoms with E-state index in [1.165, 1.54) is 13.0 Å². The van der Waals surface area contributed by atoms with E-state index in [0.29, 0.717) is 32.3 Å². The normalized spacial score (nSPS) is 25.4. The van der Waals surface area contributed by atoms with E-state index in [4.69, 9.17) is 9.47 Å². The summed E-state index contributed by atoms with van der Waals surface area (Å²) in [6, 6.07) is 0. The molecular weight excluding hydrogens is 344 g/mol. The molecule has 1 fully saturated rings. The molecule has 3 atom stereocenters. The molecular formula is C22H34O5. The Labute approximate surface area is 163 Å². The summed E-state index contributed by atoms with van der Waals surface area (Å²) in [4.78, 5) is 34.5. The van der Waals surface area contributed by atoms with Crippen LogP contribution in [0.1, 0.15) is 73.1 Å². The van der Waals surface area contributed by atoms with Gasteiger partial charge in [-0.3, -0.25) is 14.4 Å². The van der Waals surface area contributed by atoms with Crippen molar-refractivity contribution in [1.29, 1.82) is 0 Å². The van der Waals surface area contributed by atoms with Crippen LogP contribution in [0.2, 0.25) is 0 Å². The number of hydrogen-bond donors (Lipinski definition) is 0. The summed E-state index contributed by atoms with van der Waals surface area (Å²) in [5.74, 6) is -0.0912. The van der Waals surface area contributed by atoms with Crippen LogP contribution in [0.3, 0.4) is 0 Å². The smallest absolute Gasteiger partial charge is 0.303 e. The Balaban J connectivity index is 2.70. The van der Waals surface area contributed by atoms with Gasteiger partial charge in [-0.15, -0.1) is 0 Å². The molecule has 1 rings (SSSR count). The van der Waals surface area contributed by atoms with E-state index >= 15 is 0 Å². The van der Waals surface area contributed by atoms with Crippen LogP contribution in [0.5, 0.6) is 0 Å². The first-order chi connectivity index (χ1) is 12.7. The van der Waals surface area contributed by atoms with Crippen molar-refractivity contribution in [2.75, 3.05) is 6.61 Å². The van der Waals surface area contributed by atoms with Gasteiger partial charge in [0.05, 0.1) is 6.61 Å². The van der Waals surface area contributed by atoms with E-state index in [2.05, 4.69) is 0 Å². The van der Waals surface area contributed by atoms with E-state index in [-0.39, 0.29) is 23.8 Å². The van der Waals surface area contributed by atoms with Crippen LogP contribution in [0, 0.1) is 5.92 Å². The number of ether oxygens (including phenoxy) is 2. The molecule has 5 nitrogen and oxygen atoms in total. The lowest BCUT2D eigenvalue weighted by atomic mass is 9.87. The van der Waals surface area contributed by atoms with E-state index in [0.717, 1.165) is 30.3 Å². The number of rotatable bonds is 9. The maximum atomic E-state index is 12.2. The fourth-order valence-corrected chi connectivity index (χ4v) is 3.32. The minimum Gasteiger partial charge on any atom is -0.459 e. The van der Waals surface area contributed by atoms with Crippen LogP contribution in [0.25, 0.3) is 0 Å². The van der Waals surface area contributed by atoms with Crippen LogP contribution >= 0.6 is 0 Å². The van der Waals surface area contributed by atoms with Gasteiger partial charge in [-0.2, -0.15) is 0 Å². The van der Waals surface area contributed by atoms with Gasteiger partial charge in [-0.05, 0) is 64.5 Å². The van der Waals surface area contributed by atoms with Gasteiger partial charge in [0.1, 0.15) is 23.8 Å². The van der Waals surface area contributed by atoms with Crippen molar-refractivity contribution in [1.82, 2.24) is 0 Å². The summed E-state index contributed by atoms with van der Waals surface area (Å²) in [6.45, 7) is 9.67. The van der Waals surface area contributed by atoms with Crippen LogP contribution in [0.4, 0.5) is 0 Å². The molecule has 0 aromatic rings. The van der Waals surface area contributed by atoms with E-state index in [9.17, 15) is 14.4 Å². The number of aldehydes is 1. The average Bonchev–Trinajstić information content (AvgIpc) is 2.73. The monoisotopic (exact) mass is 378 g/mol. The summed E-state index contributed by atoms with van der Waals surface area (Å²) < 4.78 is 11.6. The minimum atomic E-state index is -0.618. The highest BCUT2D eigenvalue weighted by Gasteiger charge is 2.39. The molecule has 1 saturated heterocycles. The highest BCUT2D eigenvalue weighted by atomic mass is 16.6. The Bertz CT molecular complexity index is 586. The fourth-order valence-electron chi connectivity index (χ4n) is 3.32. The molecule has 5 heteroatoms. The Morgan fingerprint density at radius 2 is 2.04 bits per heavy atom. The SMILES string of the molecule is CC(=O)O[C@@H]1CC/C(=C\C=O)COC1(C)CCCC(C)C(=O)CC=C(C)C. The third-order valence-corrected chi connectivity index (χ3v) is 5.18. The number of carbonyl (C=O) groups is 3. The molecule has 0 aliphatic carbocycles. The molecule has 152 valence electrons. The lowest BCUT2D eigenvalue weighted by molar-refractivity contribution is -0.167.